The van der Waals surface area contributed by atoms with Crippen LogP contribution in [-0.4, -0.2) is 15.0 Å². The predicted molar refractivity (Wildman–Crippen MR) is 87.9 cm³/mol. The lowest BCUT2D eigenvalue weighted by Gasteiger charge is -2.13. The summed E-state index contributed by atoms with van der Waals surface area (Å²) < 4.78 is 0. The molecule has 4 rings (SSSR count). The highest BCUT2D eigenvalue weighted by atomic mass is 32.1. The van der Waals surface area contributed by atoms with E-state index < -0.39 is 0 Å². The number of hydrogen-bond acceptors (Lipinski definition) is 7. The van der Waals surface area contributed by atoms with E-state index in [1.165, 1.54) is 4.88 Å². The third-order valence-electron chi connectivity index (χ3n) is 3.68. The van der Waals surface area contributed by atoms with Crippen molar-refractivity contribution in [2.45, 2.75) is 25.3 Å². The minimum atomic E-state index is -0.278. The minimum absolute atomic E-state index is 0.278. The summed E-state index contributed by atoms with van der Waals surface area (Å²) in [6, 6.07) is 3.62. The van der Waals surface area contributed by atoms with Gasteiger partial charge in [-0.3, -0.25) is 4.98 Å². The molecular weight excluding hydrogens is 316 g/mol. The number of thiazole rings is 2. The quantitative estimate of drug-likeness (QED) is 0.665. The van der Waals surface area contributed by atoms with Crippen LogP contribution in [0.4, 0.5) is 0 Å². The highest BCUT2D eigenvalue weighted by Gasteiger charge is 2.26. The van der Waals surface area contributed by atoms with Crippen molar-refractivity contribution in [1.82, 2.24) is 15.0 Å². The fourth-order valence-electron chi connectivity index (χ4n) is 2.60. The van der Waals surface area contributed by atoms with E-state index >= 15 is 0 Å². The van der Waals surface area contributed by atoms with E-state index in [4.69, 9.17) is 0 Å². The second-order valence-electron chi connectivity index (χ2n) is 5.11. The summed E-state index contributed by atoms with van der Waals surface area (Å²) in [5.41, 5.74) is 1.88. The van der Waals surface area contributed by atoms with Gasteiger partial charge in [0.25, 0.3) is 0 Å². The first-order valence-electron chi connectivity index (χ1n) is 7.04. The summed E-state index contributed by atoms with van der Waals surface area (Å²) in [4.78, 5) is 26.4. The maximum atomic E-state index is 11.0. The Morgan fingerprint density at radius 3 is 3.00 bits per heavy atom. The smallest absolute Gasteiger partial charge is 0.135 e. The van der Waals surface area contributed by atoms with Gasteiger partial charge in [0.05, 0.1) is 10.6 Å². The first kappa shape index (κ1) is 13.7. The third-order valence-corrected chi connectivity index (χ3v) is 6.02. The second-order valence-corrected chi connectivity index (χ2v) is 7.23. The van der Waals surface area contributed by atoms with E-state index in [9.17, 15) is 4.91 Å². The van der Waals surface area contributed by atoms with Gasteiger partial charge in [0.2, 0.25) is 0 Å². The molecule has 1 unspecified atom stereocenters. The molecule has 110 valence electrons. The number of nitroso groups, excluding NO2 is 1. The normalized spacial score (nSPS) is 17.2. The standard InChI is InChI=1S/C15H12N4OS2/c20-19-10-4-1-5-11-13(10)18-15(21-11)12-8-17-14(22-12)9-3-2-6-16-7-9/h2-3,6-8,10H,1,4-5H2. The Balaban J connectivity index is 1.70. The summed E-state index contributed by atoms with van der Waals surface area (Å²) in [6.45, 7) is 0. The van der Waals surface area contributed by atoms with Crippen molar-refractivity contribution in [2.75, 3.05) is 0 Å². The number of pyridine rings is 1. The second kappa shape index (κ2) is 5.66. The maximum Gasteiger partial charge on any atom is 0.135 e. The fourth-order valence-corrected chi connectivity index (χ4v) is 4.70. The number of fused-ring (bicyclic) bond motifs is 1. The molecule has 0 radical (unpaired) electrons. The lowest BCUT2D eigenvalue weighted by atomic mass is 9.99. The molecule has 0 amide bonds. The van der Waals surface area contributed by atoms with Gasteiger partial charge in [-0.25, -0.2) is 9.97 Å². The molecule has 3 aromatic rings. The van der Waals surface area contributed by atoms with Crippen molar-refractivity contribution >= 4 is 22.7 Å². The first-order chi connectivity index (χ1) is 10.8. The first-order valence-corrected chi connectivity index (χ1v) is 8.67. The zero-order valence-corrected chi connectivity index (χ0v) is 13.2. The highest BCUT2D eigenvalue weighted by molar-refractivity contribution is 7.23. The van der Waals surface area contributed by atoms with Crippen LogP contribution in [0.2, 0.25) is 0 Å². The molecular formula is C15H12N4OS2. The van der Waals surface area contributed by atoms with Crippen LogP contribution in [0.15, 0.2) is 35.9 Å². The van der Waals surface area contributed by atoms with Crippen LogP contribution >= 0.6 is 22.7 Å². The Bertz CT molecular complexity index is 812. The lowest BCUT2D eigenvalue weighted by molar-refractivity contribution is 0.563. The number of hydrogen-bond donors (Lipinski definition) is 0. The van der Waals surface area contributed by atoms with Gasteiger partial charge in [-0.05, 0) is 31.4 Å². The summed E-state index contributed by atoms with van der Waals surface area (Å²) in [7, 11) is 0. The van der Waals surface area contributed by atoms with E-state index in [1.54, 1.807) is 28.9 Å². The Morgan fingerprint density at radius 2 is 2.18 bits per heavy atom. The van der Waals surface area contributed by atoms with Crippen LogP contribution in [-0.2, 0) is 6.42 Å². The fraction of sp³-hybridized carbons (Fsp3) is 0.267. The molecule has 0 saturated carbocycles. The molecule has 7 heteroatoms. The average Bonchev–Trinajstić information content (AvgIpc) is 3.21. The van der Waals surface area contributed by atoms with Crippen molar-refractivity contribution in [1.29, 1.82) is 0 Å². The van der Waals surface area contributed by atoms with E-state index in [0.717, 1.165) is 45.4 Å². The molecule has 0 saturated heterocycles. The van der Waals surface area contributed by atoms with Crippen LogP contribution in [0, 0.1) is 4.91 Å². The molecule has 1 aliphatic rings. The van der Waals surface area contributed by atoms with Crippen molar-refractivity contribution in [3.05, 3.63) is 46.2 Å². The van der Waals surface area contributed by atoms with Gasteiger partial charge in [0, 0.05) is 29.0 Å². The van der Waals surface area contributed by atoms with Gasteiger partial charge in [-0.2, -0.15) is 4.91 Å². The molecule has 0 fully saturated rings. The Kier molecular flexibility index (Phi) is 3.51. The molecule has 22 heavy (non-hydrogen) atoms. The Hall–Kier alpha value is -1.99. The molecule has 0 bridgehead atoms. The average molecular weight is 328 g/mol. The maximum absolute atomic E-state index is 11.0. The van der Waals surface area contributed by atoms with Crippen LogP contribution in [0.3, 0.4) is 0 Å². The van der Waals surface area contributed by atoms with Crippen molar-refractivity contribution in [2.24, 2.45) is 5.18 Å². The topological polar surface area (TPSA) is 68.1 Å². The minimum Gasteiger partial charge on any atom is -0.264 e. The molecule has 5 nitrogen and oxygen atoms in total. The third kappa shape index (κ3) is 2.36. The zero-order chi connectivity index (χ0) is 14.9. The van der Waals surface area contributed by atoms with Crippen LogP contribution < -0.4 is 0 Å². The SMILES string of the molecule is O=NC1CCCc2sc(-c3cnc(-c4cccnc4)s3)nc21. The summed E-state index contributed by atoms with van der Waals surface area (Å²) in [5, 5.41) is 5.09. The highest BCUT2D eigenvalue weighted by Crippen LogP contribution is 2.41. The summed E-state index contributed by atoms with van der Waals surface area (Å²) in [5.74, 6) is 0. The number of rotatable bonds is 3. The molecule has 1 atom stereocenters. The van der Waals surface area contributed by atoms with Crippen LogP contribution in [0.25, 0.3) is 20.5 Å². The van der Waals surface area contributed by atoms with Gasteiger partial charge in [0.15, 0.2) is 0 Å². The number of aromatic nitrogens is 3. The van der Waals surface area contributed by atoms with Crippen molar-refractivity contribution in [3.63, 3.8) is 0 Å². The molecule has 0 aliphatic heterocycles. The van der Waals surface area contributed by atoms with E-state index in [-0.39, 0.29) is 6.04 Å². The van der Waals surface area contributed by atoms with Gasteiger partial charge in [-0.15, -0.1) is 22.7 Å². The molecule has 1 aliphatic carbocycles. The number of aryl methyl sites for hydroxylation is 1. The molecule has 0 aromatic carbocycles. The van der Waals surface area contributed by atoms with E-state index in [1.807, 2.05) is 24.5 Å². The van der Waals surface area contributed by atoms with Gasteiger partial charge < -0.3 is 0 Å². The predicted octanol–water partition coefficient (Wildman–Crippen LogP) is 4.47. The molecule has 3 aromatic heterocycles. The Morgan fingerprint density at radius 1 is 1.23 bits per heavy atom. The van der Waals surface area contributed by atoms with Crippen LogP contribution in [0.1, 0.15) is 29.5 Å². The van der Waals surface area contributed by atoms with Crippen LogP contribution in [0.5, 0.6) is 0 Å². The van der Waals surface area contributed by atoms with Gasteiger partial charge in [0.1, 0.15) is 16.1 Å². The van der Waals surface area contributed by atoms with Crippen molar-refractivity contribution in [3.8, 4) is 20.5 Å². The lowest BCUT2D eigenvalue weighted by Crippen LogP contribution is -2.05. The molecule has 3 heterocycles. The van der Waals surface area contributed by atoms with Gasteiger partial charge >= 0.3 is 0 Å². The number of nitrogens with zero attached hydrogens (tertiary/aromatic N) is 4. The van der Waals surface area contributed by atoms with Gasteiger partial charge in [-0.1, -0.05) is 5.18 Å². The van der Waals surface area contributed by atoms with E-state index in [2.05, 4.69) is 20.1 Å². The summed E-state index contributed by atoms with van der Waals surface area (Å²) in [6.07, 6.45) is 8.22. The van der Waals surface area contributed by atoms with Crippen molar-refractivity contribution < 1.29 is 0 Å². The largest absolute Gasteiger partial charge is 0.264 e. The monoisotopic (exact) mass is 328 g/mol. The summed E-state index contributed by atoms with van der Waals surface area (Å²) >= 11 is 3.26. The van der Waals surface area contributed by atoms with E-state index in [0.29, 0.717) is 0 Å². The Labute approximate surface area is 135 Å². The molecule has 0 N–H and O–H groups in total. The molecule has 0 spiro atoms. The zero-order valence-electron chi connectivity index (χ0n) is 11.6.